The number of hydrogen-bond acceptors (Lipinski definition) is 6. The quantitative estimate of drug-likeness (QED) is 0.0850. The number of H-pyrrole nitrogens is 1. The fraction of sp³-hybridized carbons (Fsp3) is 0.297. The van der Waals surface area contributed by atoms with Crippen LogP contribution in [0.2, 0.25) is 5.02 Å². The Kier molecular flexibility index (Phi) is 9.54. The summed E-state index contributed by atoms with van der Waals surface area (Å²) < 4.78 is 13.7. The summed E-state index contributed by atoms with van der Waals surface area (Å²) in [6, 6.07) is 16.1. The van der Waals surface area contributed by atoms with Crippen molar-refractivity contribution in [3.63, 3.8) is 0 Å². The molecule has 1 aliphatic rings. The molecule has 248 valence electrons. The maximum Gasteiger partial charge on any atom is 0.352 e. The van der Waals surface area contributed by atoms with E-state index in [2.05, 4.69) is 15.4 Å². The number of aromatic nitrogens is 3. The topological polar surface area (TPSA) is 136 Å². The molecule has 0 bridgehead atoms. The molecule has 0 atom stereocenters. The highest BCUT2D eigenvalue weighted by Crippen LogP contribution is 2.37. The van der Waals surface area contributed by atoms with Crippen molar-refractivity contribution in [2.24, 2.45) is 13.0 Å². The molecule has 0 unspecified atom stereocenters. The SMILES string of the molecule is Cc1cc(OCCCc2c(C(=O)O)[nH]c3c(-c4c(C(=O)NCC5CC5)nn(C)c4COc4ccc(C=O)cc4)cccc23)cc(C)c1Cl. The van der Waals surface area contributed by atoms with Crippen LogP contribution in [0.3, 0.4) is 0 Å². The number of benzene rings is 3. The lowest BCUT2D eigenvalue weighted by Crippen LogP contribution is -2.26. The Hall–Kier alpha value is -5.09. The average molecular weight is 669 g/mol. The fourth-order valence-electron chi connectivity index (χ4n) is 5.96. The van der Waals surface area contributed by atoms with Crippen molar-refractivity contribution < 1.29 is 29.0 Å². The minimum atomic E-state index is -1.08. The number of amides is 1. The van der Waals surface area contributed by atoms with E-state index < -0.39 is 5.97 Å². The van der Waals surface area contributed by atoms with Crippen LogP contribution in [-0.2, 0) is 20.1 Å². The standard InChI is InChI=1S/C37H37ClN4O6/c1-21-16-26(17-22(2)32(21)38)47-15-5-8-28-27-6-4-7-29(33(27)40-34(28)37(45)46)31-30(20-48-25-13-11-24(19-43)12-14-25)42(3)41-35(31)36(44)39-18-23-9-10-23/h4,6-7,11-14,16-17,19,23,40H,5,8-10,15,18,20H2,1-3H3,(H,39,44)(H,45,46). The zero-order valence-corrected chi connectivity index (χ0v) is 27.8. The van der Waals surface area contributed by atoms with Crippen LogP contribution < -0.4 is 14.8 Å². The van der Waals surface area contributed by atoms with Gasteiger partial charge in [-0.15, -0.1) is 0 Å². The van der Waals surface area contributed by atoms with E-state index in [1.165, 1.54) is 0 Å². The van der Waals surface area contributed by atoms with Gasteiger partial charge in [0.1, 0.15) is 30.1 Å². The highest BCUT2D eigenvalue weighted by Gasteiger charge is 2.29. The smallest absolute Gasteiger partial charge is 0.352 e. The lowest BCUT2D eigenvalue weighted by atomic mass is 9.97. The van der Waals surface area contributed by atoms with Gasteiger partial charge in [-0.1, -0.05) is 29.8 Å². The van der Waals surface area contributed by atoms with Gasteiger partial charge in [0.25, 0.3) is 5.91 Å². The van der Waals surface area contributed by atoms with E-state index in [9.17, 15) is 19.5 Å². The Labute approximate surface area is 283 Å². The highest BCUT2D eigenvalue weighted by molar-refractivity contribution is 6.32. The van der Waals surface area contributed by atoms with Crippen molar-refractivity contribution in [2.45, 2.75) is 46.1 Å². The molecule has 1 amide bonds. The number of aromatic carboxylic acids is 1. The first-order valence-corrected chi connectivity index (χ1v) is 16.3. The molecule has 11 heteroatoms. The van der Waals surface area contributed by atoms with Gasteiger partial charge in [0.2, 0.25) is 0 Å². The van der Waals surface area contributed by atoms with E-state index in [0.717, 1.165) is 35.6 Å². The van der Waals surface area contributed by atoms with Gasteiger partial charge in [0.15, 0.2) is 5.69 Å². The molecule has 6 rings (SSSR count). The van der Waals surface area contributed by atoms with Gasteiger partial charge in [0.05, 0.1) is 17.8 Å². The highest BCUT2D eigenvalue weighted by atomic mass is 35.5. The predicted molar refractivity (Wildman–Crippen MR) is 183 cm³/mol. The number of rotatable bonds is 14. The molecular weight excluding hydrogens is 632 g/mol. The lowest BCUT2D eigenvalue weighted by molar-refractivity contribution is 0.0689. The van der Waals surface area contributed by atoms with Crippen molar-refractivity contribution in [1.29, 1.82) is 0 Å². The molecule has 5 aromatic rings. The summed E-state index contributed by atoms with van der Waals surface area (Å²) in [6.45, 7) is 4.89. The van der Waals surface area contributed by atoms with Crippen LogP contribution in [0, 0.1) is 19.8 Å². The molecule has 0 aliphatic heterocycles. The van der Waals surface area contributed by atoms with Gasteiger partial charge in [-0.2, -0.15) is 5.10 Å². The van der Waals surface area contributed by atoms with Crippen LogP contribution in [0.5, 0.6) is 11.5 Å². The minimum absolute atomic E-state index is 0.0753. The largest absolute Gasteiger partial charge is 0.494 e. The summed E-state index contributed by atoms with van der Waals surface area (Å²) in [5.41, 5.74) is 5.80. The number of halogens is 1. The average Bonchev–Trinajstić information content (AvgIpc) is 3.75. The Morgan fingerprint density at radius 2 is 1.81 bits per heavy atom. The molecule has 3 aromatic carbocycles. The number of aryl methyl sites for hydroxylation is 4. The van der Waals surface area contributed by atoms with Crippen LogP contribution in [0.4, 0.5) is 0 Å². The predicted octanol–water partition coefficient (Wildman–Crippen LogP) is 7.08. The van der Waals surface area contributed by atoms with E-state index in [0.29, 0.717) is 81.9 Å². The van der Waals surface area contributed by atoms with Crippen molar-refractivity contribution in [3.8, 4) is 22.6 Å². The molecule has 0 radical (unpaired) electrons. The molecule has 0 saturated heterocycles. The number of carbonyl (C=O) groups is 3. The first-order chi connectivity index (χ1) is 23.1. The van der Waals surface area contributed by atoms with Gasteiger partial charge < -0.3 is 24.9 Å². The number of nitrogens with zero attached hydrogens (tertiary/aromatic N) is 2. The van der Waals surface area contributed by atoms with E-state index in [1.54, 1.807) is 36.0 Å². The van der Waals surface area contributed by atoms with Crippen LogP contribution >= 0.6 is 11.6 Å². The summed E-state index contributed by atoms with van der Waals surface area (Å²) >= 11 is 6.30. The number of fused-ring (bicyclic) bond motifs is 1. The Morgan fingerprint density at radius 1 is 1.08 bits per heavy atom. The molecule has 2 heterocycles. The second kappa shape index (κ2) is 13.9. The van der Waals surface area contributed by atoms with Gasteiger partial charge >= 0.3 is 5.97 Å². The van der Waals surface area contributed by atoms with Crippen molar-refractivity contribution in [3.05, 3.63) is 99.0 Å². The Balaban J connectivity index is 1.34. The monoisotopic (exact) mass is 668 g/mol. The molecule has 1 aliphatic carbocycles. The van der Waals surface area contributed by atoms with Crippen molar-refractivity contribution in [2.75, 3.05) is 13.2 Å². The van der Waals surface area contributed by atoms with Gasteiger partial charge in [-0.25, -0.2) is 4.79 Å². The van der Waals surface area contributed by atoms with E-state index in [4.69, 9.17) is 21.1 Å². The second-order valence-corrected chi connectivity index (χ2v) is 12.6. The third kappa shape index (κ3) is 6.94. The molecule has 10 nitrogen and oxygen atoms in total. The van der Waals surface area contributed by atoms with Crippen LogP contribution in [0.25, 0.3) is 22.0 Å². The normalized spacial score (nSPS) is 12.7. The molecule has 48 heavy (non-hydrogen) atoms. The summed E-state index contributed by atoms with van der Waals surface area (Å²) in [5, 5.41) is 19.3. The Morgan fingerprint density at radius 3 is 2.48 bits per heavy atom. The zero-order chi connectivity index (χ0) is 33.9. The second-order valence-electron chi connectivity index (χ2n) is 12.3. The number of aldehydes is 1. The number of para-hydroxylation sites is 1. The molecule has 1 saturated carbocycles. The van der Waals surface area contributed by atoms with Crippen molar-refractivity contribution in [1.82, 2.24) is 20.1 Å². The first-order valence-electron chi connectivity index (χ1n) is 15.9. The number of hydrogen-bond donors (Lipinski definition) is 3. The third-order valence-electron chi connectivity index (χ3n) is 8.70. The first kappa shape index (κ1) is 32.8. The van der Waals surface area contributed by atoms with E-state index in [-0.39, 0.29) is 23.9 Å². The zero-order valence-electron chi connectivity index (χ0n) is 27.1. The van der Waals surface area contributed by atoms with Crippen LogP contribution in [-0.4, -0.2) is 51.2 Å². The maximum absolute atomic E-state index is 13.6. The van der Waals surface area contributed by atoms with Gasteiger partial charge in [-0.05, 0) is 98.5 Å². The maximum atomic E-state index is 13.6. The third-order valence-corrected chi connectivity index (χ3v) is 9.29. The number of carboxylic acid groups (broad SMARTS) is 1. The number of aromatic amines is 1. The minimum Gasteiger partial charge on any atom is -0.494 e. The van der Waals surface area contributed by atoms with Crippen LogP contribution in [0.15, 0.2) is 54.6 Å². The number of ether oxygens (including phenoxy) is 2. The summed E-state index contributed by atoms with van der Waals surface area (Å²) in [4.78, 5) is 40.3. The molecule has 3 N–H and O–H groups in total. The van der Waals surface area contributed by atoms with Crippen LogP contribution in [0.1, 0.15) is 73.0 Å². The summed E-state index contributed by atoms with van der Waals surface area (Å²) in [5.74, 6) is 0.358. The van der Waals surface area contributed by atoms with E-state index in [1.807, 2.05) is 44.2 Å². The van der Waals surface area contributed by atoms with Crippen molar-refractivity contribution >= 4 is 40.7 Å². The Bertz CT molecular complexity index is 1990. The van der Waals surface area contributed by atoms with Gasteiger partial charge in [0, 0.05) is 40.7 Å². The molecule has 2 aromatic heterocycles. The molecular formula is C37H37ClN4O6. The number of carbonyl (C=O) groups excluding carboxylic acids is 2. The number of carboxylic acids is 1. The summed E-state index contributed by atoms with van der Waals surface area (Å²) in [7, 11) is 1.75. The fourth-order valence-corrected chi connectivity index (χ4v) is 6.07. The number of nitrogens with one attached hydrogen (secondary N) is 2. The summed E-state index contributed by atoms with van der Waals surface area (Å²) in [6.07, 6.45) is 3.96. The molecule has 0 spiro atoms. The van der Waals surface area contributed by atoms with Gasteiger partial charge in [-0.3, -0.25) is 14.3 Å². The van der Waals surface area contributed by atoms with E-state index >= 15 is 0 Å². The lowest BCUT2D eigenvalue weighted by Gasteiger charge is -2.12. The molecule has 1 fully saturated rings.